The van der Waals surface area contributed by atoms with E-state index in [4.69, 9.17) is 4.74 Å². The number of esters is 1. The number of nitrogens with zero attached hydrogens (tertiary/aromatic N) is 3. The molecule has 0 N–H and O–H groups in total. The second-order valence-corrected chi connectivity index (χ2v) is 5.14. The standard InChI is InChI=1S/C18H13N3O2/c1-23-18(22)14-10-15-16(12-6-3-2-4-7-12)13-8-5-9-19-17(13)21(15)11-20-14/h2-11H,1H3. The third-order valence-electron chi connectivity index (χ3n) is 3.84. The lowest BCUT2D eigenvalue weighted by Gasteiger charge is -2.03. The number of carbonyl (C=O) groups is 1. The largest absolute Gasteiger partial charge is 0.464 e. The average molecular weight is 303 g/mol. The number of pyridine rings is 1. The second-order valence-electron chi connectivity index (χ2n) is 5.14. The zero-order valence-electron chi connectivity index (χ0n) is 12.4. The molecule has 4 rings (SSSR count). The number of fused-ring (bicyclic) bond motifs is 3. The second kappa shape index (κ2) is 5.21. The fourth-order valence-corrected chi connectivity index (χ4v) is 2.83. The van der Waals surface area contributed by atoms with E-state index in [1.54, 1.807) is 18.6 Å². The quantitative estimate of drug-likeness (QED) is 0.533. The van der Waals surface area contributed by atoms with Crippen molar-refractivity contribution in [1.29, 1.82) is 0 Å². The van der Waals surface area contributed by atoms with Crippen LogP contribution in [0.25, 0.3) is 27.7 Å². The molecule has 0 unspecified atom stereocenters. The van der Waals surface area contributed by atoms with Crippen LogP contribution in [-0.4, -0.2) is 27.4 Å². The van der Waals surface area contributed by atoms with Gasteiger partial charge in [-0.05, 0) is 23.8 Å². The van der Waals surface area contributed by atoms with Crippen LogP contribution in [0.3, 0.4) is 0 Å². The van der Waals surface area contributed by atoms with Crippen LogP contribution in [0.4, 0.5) is 0 Å². The third kappa shape index (κ3) is 2.05. The van der Waals surface area contributed by atoms with E-state index >= 15 is 0 Å². The van der Waals surface area contributed by atoms with Gasteiger partial charge in [0.2, 0.25) is 0 Å². The third-order valence-corrected chi connectivity index (χ3v) is 3.84. The summed E-state index contributed by atoms with van der Waals surface area (Å²) < 4.78 is 6.67. The highest BCUT2D eigenvalue weighted by Gasteiger charge is 2.17. The van der Waals surface area contributed by atoms with Crippen molar-refractivity contribution in [2.24, 2.45) is 0 Å². The molecular weight excluding hydrogens is 290 g/mol. The van der Waals surface area contributed by atoms with Gasteiger partial charge in [-0.25, -0.2) is 14.8 Å². The Morgan fingerprint density at radius 2 is 1.91 bits per heavy atom. The predicted octanol–water partition coefficient (Wildman–Crippen LogP) is 3.34. The summed E-state index contributed by atoms with van der Waals surface area (Å²) in [5.74, 6) is -0.454. The van der Waals surface area contributed by atoms with Gasteiger partial charge in [0.15, 0.2) is 5.69 Å². The molecule has 3 aromatic heterocycles. The molecule has 0 aliphatic carbocycles. The zero-order chi connectivity index (χ0) is 15.8. The molecule has 0 spiro atoms. The van der Waals surface area contributed by atoms with Crippen LogP contribution in [0.15, 0.2) is 61.1 Å². The van der Waals surface area contributed by atoms with Gasteiger partial charge in [-0.2, -0.15) is 0 Å². The topological polar surface area (TPSA) is 56.5 Å². The van der Waals surface area contributed by atoms with Crippen molar-refractivity contribution in [2.45, 2.75) is 0 Å². The average Bonchev–Trinajstić information content (AvgIpc) is 2.95. The highest BCUT2D eigenvalue weighted by Crippen LogP contribution is 2.34. The van der Waals surface area contributed by atoms with Crippen LogP contribution in [0, 0.1) is 0 Å². The molecule has 0 atom stereocenters. The molecule has 0 amide bonds. The van der Waals surface area contributed by atoms with Crippen LogP contribution in [0.5, 0.6) is 0 Å². The monoisotopic (exact) mass is 303 g/mol. The van der Waals surface area contributed by atoms with Crippen LogP contribution in [0.1, 0.15) is 10.5 Å². The SMILES string of the molecule is COC(=O)c1cc2c(-c3ccccc3)c3cccnc3n2cn1. The number of methoxy groups -OCH3 is 1. The number of ether oxygens (including phenoxy) is 1. The number of carbonyl (C=O) groups excluding carboxylic acids is 1. The molecule has 0 aliphatic heterocycles. The van der Waals surface area contributed by atoms with E-state index in [2.05, 4.69) is 9.97 Å². The molecule has 0 saturated heterocycles. The predicted molar refractivity (Wildman–Crippen MR) is 87.3 cm³/mol. The summed E-state index contributed by atoms with van der Waals surface area (Å²) in [7, 11) is 1.35. The van der Waals surface area contributed by atoms with Crippen LogP contribution < -0.4 is 0 Å². The lowest BCUT2D eigenvalue weighted by Crippen LogP contribution is -2.05. The molecule has 23 heavy (non-hydrogen) atoms. The van der Waals surface area contributed by atoms with E-state index in [1.807, 2.05) is 46.9 Å². The summed E-state index contributed by atoms with van der Waals surface area (Å²) in [4.78, 5) is 20.5. The first kappa shape index (κ1) is 13.5. The van der Waals surface area contributed by atoms with Gasteiger partial charge < -0.3 is 4.74 Å². The molecule has 0 bridgehead atoms. The van der Waals surface area contributed by atoms with Gasteiger partial charge in [-0.3, -0.25) is 4.40 Å². The molecule has 4 aromatic rings. The molecule has 5 heteroatoms. The first-order valence-electron chi connectivity index (χ1n) is 7.18. The van der Waals surface area contributed by atoms with E-state index in [0.717, 1.165) is 27.7 Å². The van der Waals surface area contributed by atoms with Gasteiger partial charge >= 0.3 is 5.97 Å². The Hall–Kier alpha value is -3.21. The van der Waals surface area contributed by atoms with Gasteiger partial charge in [-0.15, -0.1) is 0 Å². The van der Waals surface area contributed by atoms with Crippen molar-refractivity contribution in [1.82, 2.24) is 14.4 Å². The fourth-order valence-electron chi connectivity index (χ4n) is 2.83. The van der Waals surface area contributed by atoms with Crippen molar-refractivity contribution in [3.63, 3.8) is 0 Å². The minimum atomic E-state index is -0.454. The summed E-state index contributed by atoms with van der Waals surface area (Å²) in [6.45, 7) is 0. The minimum Gasteiger partial charge on any atom is -0.464 e. The van der Waals surface area contributed by atoms with Crippen molar-refractivity contribution in [3.8, 4) is 11.1 Å². The maximum absolute atomic E-state index is 11.8. The van der Waals surface area contributed by atoms with Crippen molar-refractivity contribution in [2.75, 3.05) is 7.11 Å². The number of aromatic nitrogens is 3. The Labute approximate surface area is 132 Å². The molecule has 112 valence electrons. The van der Waals surface area contributed by atoms with Crippen LogP contribution in [-0.2, 0) is 4.74 Å². The minimum absolute atomic E-state index is 0.278. The van der Waals surface area contributed by atoms with E-state index in [0.29, 0.717) is 0 Å². The highest BCUT2D eigenvalue weighted by atomic mass is 16.5. The molecule has 0 fully saturated rings. The molecule has 0 saturated carbocycles. The molecule has 5 nitrogen and oxygen atoms in total. The number of hydrogen-bond acceptors (Lipinski definition) is 4. The summed E-state index contributed by atoms with van der Waals surface area (Å²) in [5.41, 5.74) is 4.06. The Morgan fingerprint density at radius 1 is 1.09 bits per heavy atom. The summed E-state index contributed by atoms with van der Waals surface area (Å²) in [5, 5.41) is 1.02. The smallest absolute Gasteiger partial charge is 0.356 e. The van der Waals surface area contributed by atoms with Gasteiger partial charge in [0, 0.05) is 17.1 Å². The summed E-state index contributed by atoms with van der Waals surface area (Å²) >= 11 is 0. The van der Waals surface area contributed by atoms with Gasteiger partial charge in [0.25, 0.3) is 0 Å². The number of rotatable bonds is 2. The Bertz CT molecular complexity index is 1020. The van der Waals surface area contributed by atoms with Gasteiger partial charge in [0.1, 0.15) is 12.0 Å². The first-order valence-corrected chi connectivity index (χ1v) is 7.18. The number of hydrogen-bond donors (Lipinski definition) is 0. The van der Waals surface area contributed by atoms with Gasteiger partial charge in [0.05, 0.1) is 12.6 Å². The van der Waals surface area contributed by atoms with Gasteiger partial charge in [-0.1, -0.05) is 30.3 Å². The van der Waals surface area contributed by atoms with Crippen molar-refractivity contribution >= 4 is 22.5 Å². The summed E-state index contributed by atoms with van der Waals surface area (Å²) in [6.07, 6.45) is 3.36. The maximum atomic E-state index is 11.8. The summed E-state index contributed by atoms with van der Waals surface area (Å²) in [6, 6.07) is 15.7. The highest BCUT2D eigenvalue weighted by molar-refractivity contribution is 6.05. The van der Waals surface area contributed by atoms with E-state index in [9.17, 15) is 4.79 Å². The lowest BCUT2D eigenvalue weighted by molar-refractivity contribution is 0.0594. The molecular formula is C18H13N3O2. The van der Waals surface area contributed by atoms with E-state index < -0.39 is 5.97 Å². The van der Waals surface area contributed by atoms with E-state index in [1.165, 1.54) is 7.11 Å². The molecule has 3 heterocycles. The van der Waals surface area contributed by atoms with Crippen LogP contribution in [0.2, 0.25) is 0 Å². The number of benzene rings is 1. The lowest BCUT2D eigenvalue weighted by atomic mass is 10.0. The maximum Gasteiger partial charge on any atom is 0.356 e. The van der Waals surface area contributed by atoms with Crippen molar-refractivity contribution < 1.29 is 9.53 Å². The molecule has 0 radical (unpaired) electrons. The normalized spacial score (nSPS) is 11.0. The Morgan fingerprint density at radius 3 is 2.70 bits per heavy atom. The Balaban J connectivity index is 2.13. The van der Waals surface area contributed by atoms with Crippen molar-refractivity contribution in [3.05, 3.63) is 66.7 Å². The van der Waals surface area contributed by atoms with E-state index in [-0.39, 0.29) is 5.69 Å². The Kier molecular flexibility index (Phi) is 3.05. The molecule has 1 aromatic carbocycles. The zero-order valence-corrected chi connectivity index (χ0v) is 12.4. The fraction of sp³-hybridized carbons (Fsp3) is 0.0556. The molecule has 0 aliphatic rings. The van der Waals surface area contributed by atoms with Crippen LogP contribution >= 0.6 is 0 Å². The first-order chi connectivity index (χ1) is 11.3.